The minimum absolute atomic E-state index is 0.0610. The van der Waals surface area contributed by atoms with Crippen LogP contribution in [0.1, 0.15) is 10.4 Å². The lowest BCUT2D eigenvalue weighted by molar-refractivity contribution is 0.0827. The van der Waals surface area contributed by atoms with Crippen molar-refractivity contribution in [3.8, 4) is 0 Å². The molecule has 5 nitrogen and oxygen atoms in total. The Hall–Kier alpha value is -1.60. The van der Waals surface area contributed by atoms with Crippen LogP contribution < -0.4 is 5.73 Å². The van der Waals surface area contributed by atoms with Crippen molar-refractivity contribution in [3.05, 3.63) is 30.1 Å². The number of nitrogen functional groups attached to an aromatic ring is 1. The maximum absolute atomic E-state index is 11.8. The summed E-state index contributed by atoms with van der Waals surface area (Å²) in [4.78, 5) is 18.2. The molecule has 0 aliphatic rings. The number of carbonyl (C=O) groups is 1. The molecule has 2 aromatic rings. The summed E-state index contributed by atoms with van der Waals surface area (Å²) in [6.07, 6.45) is 1.51. The van der Waals surface area contributed by atoms with Crippen LogP contribution in [0.2, 0.25) is 0 Å². The lowest BCUT2D eigenvalue weighted by atomic mass is 10.2. The highest BCUT2D eigenvalue weighted by Crippen LogP contribution is 2.32. The number of aromatic nitrogens is 2. The molecule has 1 heterocycles. The van der Waals surface area contributed by atoms with Crippen molar-refractivity contribution in [1.82, 2.24) is 14.3 Å². The van der Waals surface area contributed by atoms with Gasteiger partial charge < -0.3 is 10.6 Å². The van der Waals surface area contributed by atoms with Gasteiger partial charge in [0.2, 0.25) is 0 Å². The predicted molar refractivity (Wildman–Crippen MR) is 72.9 cm³/mol. The Morgan fingerprint density at radius 3 is 2.78 bits per heavy atom. The SMILES string of the molecule is CN(C)C(=O)c1ccc(Sc2ncns2)c(N)c1. The molecule has 1 amide bonds. The molecule has 0 aliphatic heterocycles. The van der Waals surface area contributed by atoms with Crippen molar-refractivity contribution in [1.29, 1.82) is 0 Å². The average molecular weight is 280 g/mol. The molecule has 1 aromatic heterocycles. The van der Waals surface area contributed by atoms with Crippen molar-refractivity contribution in [3.63, 3.8) is 0 Å². The molecule has 0 aliphatic carbocycles. The highest BCUT2D eigenvalue weighted by atomic mass is 32.2. The number of amides is 1. The van der Waals surface area contributed by atoms with Crippen LogP contribution in [-0.4, -0.2) is 34.3 Å². The topological polar surface area (TPSA) is 72.1 Å². The first kappa shape index (κ1) is 12.8. The third-order valence-corrected chi connectivity index (χ3v) is 4.01. The van der Waals surface area contributed by atoms with Crippen LogP contribution in [0.4, 0.5) is 5.69 Å². The molecule has 18 heavy (non-hydrogen) atoms. The standard InChI is InChI=1S/C11H12N4OS2/c1-15(2)10(16)7-3-4-9(8(12)5-7)17-11-13-6-14-18-11/h3-6H,12H2,1-2H3. The number of hydrogen-bond acceptors (Lipinski definition) is 6. The maximum atomic E-state index is 11.8. The first-order valence-electron chi connectivity index (χ1n) is 5.13. The van der Waals surface area contributed by atoms with Gasteiger partial charge in [0.25, 0.3) is 5.91 Å². The third kappa shape index (κ3) is 2.80. The summed E-state index contributed by atoms with van der Waals surface area (Å²) in [7, 11) is 3.42. The van der Waals surface area contributed by atoms with Gasteiger partial charge >= 0.3 is 0 Å². The van der Waals surface area contributed by atoms with E-state index in [2.05, 4.69) is 9.36 Å². The molecule has 7 heteroatoms. The first-order valence-corrected chi connectivity index (χ1v) is 6.72. The molecule has 0 saturated heterocycles. The van der Waals surface area contributed by atoms with Crippen LogP contribution in [0.25, 0.3) is 0 Å². The van der Waals surface area contributed by atoms with Crippen molar-refractivity contribution in [2.75, 3.05) is 19.8 Å². The van der Waals surface area contributed by atoms with E-state index in [1.807, 2.05) is 6.07 Å². The zero-order valence-corrected chi connectivity index (χ0v) is 11.6. The van der Waals surface area contributed by atoms with Crippen molar-refractivity contribution < 1.29 is 4.79 Å². The second-order valence-electron chi connectivity index (χ2n) is 3.76. The Morgan fingerprint density at radius 2 is 2.22 bits per heavy atom. The van der Waals surface area contributed by atoms with E-state index in [-0.39, 0.29) is 5.91 Å². The Morgan fingerprint density at radius 1 is 1.44 bits per heavy atom. The molecule has 1 aromatic carbocycles. The highest BCUT2D eigenvalue weighted by molar-refractivity contribution is 8.01. The van der Waals surface area contributed by atoms with Gasteiger partial charge in [-0.05, 0) is 29.7 Å². The summed E-state index contributed by atoms with van der Waals surface area (Å²) in [6.45, 7) is 0. The van der Waals surface area contributed by atoms with Gasteiger partial charge in [0.15, 0.2) is 4.34 Å². The van der Waals surface area contributed by atoms with E-state index in [0.717, 1.165) is 9.24 Å². The lowest BCUT2D eigenvalue weighted by Gasteiger charge is -2.11. The number of nitrogens with two attached hydrogens (primary N) is 1. The Labute approximate surface area is 113 Å². The average Bonchev–Trinajstić information content (AvgIpc) is 2.83. The number of benzene rings is 1. The summed E-state index contributed by atoms with van der Waals surface area (Å²) in [5.74, 6) is -0.0610. The van der Waals surface area contributed by atoms with Crippen LogP contribution in [0.15, 0.2) is 33.8 Å². The molecule has 94 valence electrons. The van der Waals surface area contributed by atoms with Crippen LogP contribution in [-0.2, 0) is 0 Å². The van der Waals surface area contributed by atoms with Gasteiger partial charge in [-0.25, -0.2) is 4.98 Å². The largest absolute Gasteiger partial charge is 0.398 e. The second kappa shape index (κ2) is 5.36. The van der Waals surface area contributed by atoms with Gasteiger partial charge in [-0.15, -0.1) is 0 Å². The monoisotopic (exact) mass is 280 g/mol. The zero-order chi connectivity index (χ0) is 13.1. The smallest absolute Gasteiger partial charge is 0.253 e. The number of rotatable bonds is 3. The normalized spacial score (nSPS) is 10.3. The fraction of sp³-hybridized carbons (Fsp3) is 0.182. The Bertz CT molecular complexity index is 554. The lowest BCUT2D eigenvalue weighted by Crippen LogP contribution is -2.21. The van der Waals surface area contributed by atoms with E-state index < -0.39 is 0 Å². The van der Waals surface area contributed by atoms with Gasteiger partial charge in [-0.3, -0.25) is 4.79 Å². The van der Waals surface area contributed by atoms with Gasteiger partial charge in [0.05, 0.1) is 0 Å². The quantitative estimate of drug-likeness (QED) is 0.870. The zero-order valence-electron chi connectivity index (χ0n) is 9.95. The van der Waals surface area contributed by atoms with Crippen LogP contribution in [0.5, 0.6) is 0 Å². The Balaban J connectivity index is 2.23. The molecular weight excluding hydrogens is 268 g/mol. The summed E-state index contributed by atoms with van der Waals surface area (Å²) < 4.78 is 4.75. The summed E-state index contributed by atoms with van der Waals surface area (Å²) in [5.41, 5.74) is 7.10. The van der Waals surface area contributed by atoms with Gasteiger partial charge in [0, 0.05) is 30.2 Å². The first-order chi connectivity index (χ1) is 8.58. The minimum Gasteiger partial charge on any atom is -0.398 e. The van der Waals surface area contributed by atoms with E-state index in [1.54, 1.807) is 26.2 Å². The van der Waals surface area contributed by atoms with Gasteiger partial charge in [-0.1, -0.05) is 11.8 Å². The maximum Gasteiger partial charge on any atom is 0.253 e. The molecule has 2 N–H and O–H groups in total. The summed E-state index contributed by atoms with van der Waals surface area (Å²) in [6, 6.07) is 5.28. The van der Waals surface area contributed by atoms with Crippen LogP contribution in [0.3, 0.4) is 0 Å². The van der Waals surface area contributed by atoms with E-state index in [4.69, 9.17) is 5.73 Å². The molecule has 0 saturated carbocycles. The van der Waals surface area contributed by atoms with Gasteiger partial charge in [-0.2, -0.15) is 4.37 Å². The molecule has 0 bridgehead atoms. The number of hydrogen-bond donors (Lipinski definition) is 1. The molecule has 0 fully saturated rings. The molecule has 0 unspecified atom stereocenters. The van der Waals surface area contributed by atoms with Crippen LogP contribution in [0, 0.1) is 0 Å². The number of anilines is 1. The molecule has 0 atom stereocenters. The fourth-order valence-corrected chi connectivity index (χ4v) is 2.76. The van der Waals surface area contributed by atoms with E-state index in [0.29, 0.717) is 11.3 Å². The van der Waals surface area contributed by atoms with E-state index >= 15 is 0 Å². The molecular formula is C11H12N4OS2. The van der Waals surface area contributed by atoms with Crippen molar-refractivity contribution in [2.45, 2.75) is 9.24 Å². The van der Waals surface area contributed by atoms with Crippen LogP contribution >= 0.6 is 23.3 Å². The molecule has 2 rings (SSSR count). The number of nitrogens with zero attached hydrogens (tertiary/aromatic N) is 3. The predicted octanol–water partition coefficient (Wildman–Crippen LogP) is 1.97. The molecule has 0 spiro atoms. The Kier molecular flexibility index (Phi) is 3.83. The van der Waals surface area contributed by atoms with E-state index in [9.17, 15) is 4.79 Å². The fourth-order valence-electron chi connectivity index (χ4n) is 1.33. The van der Waals surface area contributed by atoms with E-state index in [1.165, 1.54) is 34.5 Å². The van der Waals surface area contributed by atoms with Gasteiger partial charge in [0.1, 0.15) is 6.33 Å². The minimum atomic E-state index is -0.0610. The summed E-state index contributed by atoms with van der Waals surface area (Å²) >= 11 is 2.76. The molecule has 0 radical (unpaired) electrons. The second-order valence-corrected chi connectivity index (χ2v) is 5.83. The summed E-state index contributed by atoms with van der Waals surface area (Å²) in [5, 5.41) is 0. The highest BCUT2D eigenvalue weighted by Gasteiger charge is 2.11. The van der Waals surface area contributed by atoms with Crippen molar-refractivity contribution >= 4 is 34.9 Å². The third-order valence-electron chi connectivity index (χ3n) is 2.20. The number of carbonyl (C=O) groups excluding carboxylic acids is 1. The van der Waals surface area contributed by atoms with Crippen molar-refractivity contribution in [2.24, 2.45) is 0 Å².